The Morgan fingerprint density at radius 1 is 1.45 bits per heavy atom. The SMILES string of the molecule is Cc1cc(C)c(C#N)c(N2CCN(C)C(CCO)C2)n1. The van der Waals surface area contributed by atoms with Gasteiger partial charge in [-0.1, -0.05) is 0 Å². The van der Waals surface area contributed by atoms with Gasteiger partial charge in [-0.2, -0.15) is 5.26 Å². The van der Waals surface area contributed by atoms with E-state index in [9.17, 15) is 5.26 Å². The van der Waals surface area contributed by atoms with Gasteiger partial charge in [-0.25, -0.2) is 4.98 Å². The van der Waals surface area contributed by atoms with Gasteiger partial charge in [0.15, 0.2) is 0 Å². The van der Waals surface area contributed by atoms with Crippen LogP contribution >= 0.6 is 0 Å². The number of pyridine rings is 1. The van der Waals surface area contributed by atoms with Gasteiger partial charge in [0.05, 0.1) is 5.56 Å². The smallest absolute Gasteiger partial charge is 0.147 e. The highest BCUT2D eigenvalue weighted by atomic mass is 16.3. The Hall–Kier alpha value is -1.64. The van der Waals surface area contributed by atoms with E-state index in [0.29, 0.717) is 11.6 Å². The van der Waals surface area contributed by atoms with Crippen LogP contribution in [-0.2, 0) is 0 Å². The first-order valence-electron chi connectivity index (χ1n) is 7.01. The second-order valence-corrected chi connectivity index (χ2v) is 5.48. The van der Waals surface area contributed by atoms with Gasteiger partial charge < -0.3 is 10.0 Å². The number of likely N-dealkylation sites (N-methyl/N-ethyl adjacent to an activating group) is 1. The van der Waals surface area contributed by atoms with Gasteiger partial charge in [0.25, 0.3) is 0 Å². The quantitative estimate of drug-likeness (QED) is 0.893. The molecule has 1 unspecified atom stereocenters. The molecule has 1 fully saturated rings. The molecule has 1 saturated heterocycles. The van der Waals surface area contributed by atoms with Gasteiger partial charge in [0.2, 0.25) is 0 Å². The maximum Gasteiger partial charge on any atom is 0.147 e. The minimum absolute atomic E-state index is 0.189. The summed E-state index contributed by atoms with van der Waals surface area (Å²) in [5, 5.41) is 18.5. The minimum Gasteiger partial charge on any atom is -0.396 e. The zero-order valence-electron chi connectivity index (χ0n) is 12.4. The molecule has 20 heavy (non-hydrogen) atoms. The number of hydrogen-bond acceptors (Lipinski definition) is 5. The van der Waals surface area contributed by atoms with Crippen LogP contribution in [0, 0.1) is 25.2 Å². The Kier molecular flexibility index (Phi) is 4.58. The fourth-order valence-corrected chi connectivity index (χ4v) is 2.78. The molecular weight excluding hydrogens is 252 g/mol. The molecule has 108 valence electrons. The molecule has 2 rings (SSSR count). The van der Waals surface area contributed by atoms with Crippen LogP contribution in [0.2, 0.25) is 0 Å². The van der Waals surface area contributed by atoms with Crippen molar-refractivity contribution < 1.29 is 5.11 Å². The molecule has 1 atom stereocenters. The molecule has 0 aromatic carbocycles. The Morgan fingerprint density at radius 2 is 2.20 bits per heavy atom. The molecule has 1 aliphatic heterocycles. The van der Waals surface area contributed by atoms with Crippen molar-refractivity contribution in [2.45, 2.75) is 26.3 Å². The molecule has 1 aliphatic rings. The number of piperazine rings is 1. The molecule has 0 saturated carbocycles. The molecule has 0 bridgehead atoms. The zero-order chi connectivity index (χ0) is 14.7. The average molecular weight is 274 g/mol. The van der Waals surface area contributed by atoms with Gasteiger partial charge in [-0.15, -0.1) is 0 Å². The van der Waals surface area contributed by atoms with E-state index in [1.54, 1.807) is 0 Å². The predicted octanol–water partition coefficient (Wildman–Crippen LogP) is 1.07. The monoisotopic (exact) mass is 274 g/mol. The highest BCUT2D eigenvalue weighted by Crippen LogP contribution is 2.24. The van der Waals surface area contributed by atoms with Crippen molar-refractivity contribution in [3.8, 4) is 6.07 Å². The van der Waals surface area contributed by atoms with Crippen LogP contribution in [0.5, 0.6) is 0 Å². The van der Waals surface area contributed by atoms with Crippen LogP contribution in [-0.4, -0.2) is 54.3 Å². The summed E-state index contributed by atoms with van der Waals surface area (Å²) >= 11 is 0. The molecule has 0 amide bonds. The number of nitrogens with zero attached hydrogens (tertiary/aromatic N) is 4. The first-order valence-corrected chi connectivity index (χ1v) is 7.01. The number of anilines is 1. The molecule has 5 heteroatoms. The lowest BCUT2D eigenvalue weighted by molar-refractivity contribution is 0.170. The summed E-state index contributed by atoms with van der Waals surface area (Å²) in [6.45, 7) is 6.69. The predicted molar refractivity (Wildman–Crippen MR) is 78.8 cm³/mol. The van der Waals surface area contributed by atoms with Gasteiger partial charge >= 0.3 is 0 Å². The van der Waals surface area contributed by atoms with E-state index in [-0.39, 0.29) is 6.61 Å². The number of hydrogen-bond donors (Lipinski definition) is 1. The van der Waals surface area contributed by atoms with Crippen molar-refractivity contribution in [3.63, 3.8) is 0 Å². The Bertz CT molecular complexity index is 523. The number of nitriles is 1. The molecule has 0 radical (unpaired) electrons. The van der Waals surface area contributed by atoms with Crippen molar-refractivity contribution in [2.24, 2.45) is 0 Å². The minimum atomic E-state index is 0.189. The highest BCUT2D eigenvalue weighted by Gasteiger charge is 2.26. The number of aryl methyl sites for hydroxylation is 2. The Balaban J connectivity index is 2.30. The van der Waals surface area contributed by atoms with Gasteiger partial charge in [-0.3, -0.25) is 4.90 Å². The lowest BCUT2D eigenvalue weighted by atomic mass is 10.1. The van der Waals surface area contributed by atoms with Crippen LogP contribution in [0.15, 0.2) is 6.07 Å². The first kappa shape index (κ1) is 14.8. The third-order valence-corrected chi connectivity index (χ3v) is 3.98. The number of aliphatic hydroxyl groups is 1. The van der Waals surface area contributed by atoms with Gasteiger partial charge in [-0.05, 0) is 38.9 Å². The van der Waals surface area contributed by atoms with E-state index in [1.807, 2.05) is 19.9 Å². The van der Waals surface area contributed by atoms with Crippen LogP contribution in [0.1, 0.15) is 23.2 Å². The summed E-state index contributed by atoms with van der Waals surface area (Å²) in [6, 6.07) is 4.54. The lowest BCUT2D eigenvalue weighted by Gasteiger charge is -2.40. The number of rotatable bonds is 3. The van der Waals surface area contributed by atoms with E-state index in [4.69, 9.17) is 5.11 Å². The summed E-state index contributed by atoms with van der Waals surface area (Å²) in [6.07, 6.45) is 0.750. The van der Waals surface area contributed by atoms with Gasteiger partial charge in [0, 0.05) is 38.0 Å². The molecular formula is C15H22N4O. The third-order valence-electron chi connectivity index (χ3n) is 3.98. The van der Waals surface area contributed by atoms with Crippen LogP contribution in [0.3, 0.4) is 0 Å². The molecule has 1 N–H and O–H groups in total. The van der Waals surface area contributed by atoms with Crippen LogP contribution in [0.4, 0.5) is 5.82 Å². The molecule has 0 aliphatic carbocycles. The fourth-order valence-electron chi connectivity index (χ4n) is 2.78. The van der Waals surface area contributed by atoms with Crippen molar-refractivity contribution in [2.75, 3.05) is 38.2 Å². The summed E-state index contributed by atoms with van der Waals surface area (Å²) in [4.78, 5) is 9.02. The fraction of sp³-hybridized carbons (Fsp3) is 0.600. The van der Waals surface area contributed by atoms with E-state index in [1.165, 1.54) is 0 Å². The van der Waals surface area contributed by atoms with Crippen molar-refractivity contribution in [1.82, 2.24) is 9.88 Å². The standard InChI is InChI=1S/C15H22N4O/c1-11-8-12(2)17-15(14(11)9-16)19-6-5-18(3)13(10-19)4-7-20/h8,13,20H,4-7,10H2,1-3H3. The molecule has 1 aromatic heterocycles. The summed E-state index contributed by atoms with van der Waals surface area (Å²) < 4.78 is 0. The largest absolute Gasteiger partial charge is 0.396 e. The second-order valence-electron chi connectivity index (χ2n) is 5.48. The van der Waals surface area contributed by atoms with Crippen molar-refractivity contribution >= 4 is 5.82 Å². The second kappa shape index (κ2) is 6.21. The average Bonchev–Trinajstić information content (AvgIpc) is 2.41. The Morgan fingerprint density at radius 3 is 2.85 bits per heavy atom. The summed E-state index contributed by atoms with van der Waals surface area (Å²) in [7, 11) is 2.08. The lowest BCUT2D eigenvalue weighted by Crippen LogP contribution is -2.52. The summed E-state index contributed by atoms with van der Waals surface area (Å²) in [5.41, 5.74) is 2.59. The van der Waals surface area contributed by atoms with E-state index >= 15 is 0 Å². The first-order chi connectivity index (χ1) is 9.56. The normalized spacial score (nSPS) is 19.9. The van der Waals surface area contributed by atoms with Gasteiger partial charge in [0.1, 0.15) is 11.9 Å². The maximum atomic E-state index is 9.37. The topological polar surface area (TPSA) is 63.4 Å². The molecule has 2 heterocycles. The van der Waals surface area contributed by atoms with Crippen molar-refractivity contribution in [3.05, 3.63) is 22.9 Å². The van der Waals surface area contributed by atoms with Crippen LogP contribution in [0.25, 0.3) is 0 Å². The maximum absolute atomic E-state index is 9.37. The zero-order valence-corrected chi connectivity index (χ0v) is 12.4. The highest BCUT2D eigenvalue weighted by molar-refractivity contribution is 5.58. The Labute approximate surface area is 120 Å². The molecule has 1 aromatic rings. The third kappa shape index (κ3) is 2.92. The van der Waals surface area contributed by atoms with Crippen LogP contribution < -0.4 is 4.90 Å². The van der Waals surface area contributed by atoms with Crippen molar-refractivity contribution in [1.29, 1.82) is 5.26 Å². The number of aliphatic hydroxyl groups excluding tert-OH is 1. The number of aromatic nitrogens is 1. The molecule has 0 spiro atoms. The summed E-state index contributed by atoms with van der Waals surface area (Å²) in [5.74, 6) is 0.793. The van der Waals surface area contributed by atoms with E-state index in [2.05, 4.69) is 27.9 Å². The van der Waals surface area contributed by atoms with E-state index < -0.39 is 0 Å². The molecule has 5 nitrogen and oxygen atoms in total. The van der Waals surface area contributed by atoms with E-state index in [0.717, 1.165) is 43.1 Å².